The van der Waals surface area contributed by atoms with E-state index in [0.29, 0.717) is 9.37 Å². The molecule has 0 bridgehead atoms. The maximum absolute atomic E-state index is 11.7. The maximum atomic E-state index is 11.7. The lowest BCUT2D eigenvalue weighted by Gasteiger charge is -2.08. The van der Waals surface area contributed by atoms with Crippen LogP contribution in [0.15, 0.2) is 27.6 Å². The van der Waals surface area contributed by atoms with Gasteiger partial charge < -0.3 is 5.11 Å². The van der Waals surface area contributed by atoms with Gasteiger partial charge in [-0.05, 0) is 18.2 Å². The van der Waals surface area contributed by atoms with Gasteiger partial charge >= 0.3 is 12.3 Å². The van der Waals surface area contributed by atoms with Crippen LogP contribution in [-0.4, -0.2) is 29.8 Å². The highest BCUT2D eigenvalue weighted by Crippen LogP contribution is 2.27. The third-order valence-electron chi connectivity index (χ3n) is 1.78. The summed E-state index contributed by atoms with van der Waals surface area (Å²) in [5, 5.41) is 8.90. The van der Waals surface area contributed by atoms with Gasteiger partial charge in [-0.3, -0.25) is 4.74 Å². The average molecular weight is 345 g/mol. The number of carboxylic acids is 1. The number of carbonyl (C=O) groups is 1. The van der Waals surface area contributed by atoms with Gasteiger partial charge in [-0.2, -0.15) is 0 Å². The normalized spacial score (nSPS) is 11.6. The fourth-order valence-corrected chi connectivity index (χ4v) is 2.52. The Balaban J connectivity index is 2.61. The summed E-state index contributed by atoms with van der Waals surface area (Å²) in [6, 6.07) is 4.49. The second-order valence-corrected chi connectivity index (χ2v) is 5.14. The molecule has 8 heteroatoms. The van der Waals surface area contributed by atoms with Crippen LogP contribution in [-0.2, 0) is 4.74 Å². The van der Waals surface area contributed by atoms with Gasteiger partial charge in [-0.1, -0.05) is 15.9 Å². The Labute approximate surface area is 113 Å². The zero-order chi connectivity index (χ0) is 13.8. The minimum absolute atomic E-state index is 0.0102. The molecule has 0 fully saturated rings. The van der Waals surface area contributed by atoms with Crippen LogP contribution >= 0.6 is 27.7 Å². The van der Waals surface area contributed by atoms with E-state index in [9.17, 15) is 18.0 Å². The van der Waals surface area contributed by atoms with E-state index in [-0.39, 0.29) is 11.3 Å². The van der Waals surface area contributed by atoms with E-state index in [1.165, 1.54) is 6.07 Å². The van der Waals surface area contributed by atoms with E-state index in [4.69, 9.17) is 5.11 Å². The van der Waals surface area contributed by atoms with Crippen molar-refractivity contribution in [3.8, 4) is 0 Å². The Morgan fingerprint density at radius 1 is 1.44 bits per heavy atom. The van der Waals surface area contributed by atoms with Crippen LogP contribution in [0.25, 0.3) is 0 Å². The topological polar surface area (TPSA) is 46.5 Å². The number of alkyl halides is 3. The Morgan fingerprint density at radius 2 is 2.11 bits per heavy atom. The first-order valence-electron chi connectivity index (χ1n) is 4.66. The summed E-state index contributed by atoms with van der Waals surface area (Å²) in [6.07, 6.45) is -4.66. The van der Waals surface area contributed by atoms with Gasteiger partial charge in [-0.15, -0.1) is 24.9 Å². The van der Waals surface area contributed by atoms with E-state index >= 15 is 0 Å². The lowest BCUT2D eigenvalue weighted by Crippen LogP contribution is -2.15. The third kappa shape index (κ3) is 5.28. The Hall–Kier alpha value is -0.730. The number of ether oxygens (including phenoxy) is 1. The minimum Gasteiger partial charge on any atom is -0.478 e. The van der Waals surface area contributed by atoms with Gasteiger partial charge in [0.15, 0.2) is 0 Å². The van der Waals surface area contributed by atoms with Crippen LogP contribution < -0.4 is 0 Å². The first-order chi connectivity index (χ1) is 8.29. The van der Waals surface area contributed by atoms with Crippen LogP contribution in [0.3, 0.4) is 0 Å². The molecule has 1 aromatic carbocycles. The summed E-state index contributed by atoms with van der Waals surface area (Å²) >= 11 is 4.16. The van der Waals surface area contributed by atoms with Crippen LogP contribution in [0.5, 0.6) is 0 Å². The molecule has 0 aromatic heterocycles. The van der Waals surface area contributed by atoms with Gasteiger partial charge in [0.2, 0.25) is 0 Å². The lowest BCUT2D eigenvalue weighted by atomic mass is 10.2. The molecule has 0 spiro atoms. The molecular weight excluding hydrogens is 337 g/mol. The number of aromatic carboxylic acids is 1. The van der Waals surface area contributed by atoms with Crippen LogP contribution in [0.2, 0.25) is 0 Å². The summed E-state index contributed by atoms with van der Waals surface area (Å²) in [6.45, 7) is -0.528. The number of benzene rings is 1. The second-order valence-electron chi connectivity index (χ2n) is 3.09. The van der Waals surface area contributed by atoms with Gasteiger partial charge in [0.25, 0.3) is 0 Å². The molecule has 0 radical (unpaired) electrons. The van der Waals surface area contributed by atoms with E-state index in [1.807, 2.05) is 0 Å². The lowest BCUT2D eigenvalue weighted by molar-refractivity contribution is -0.322. The van der Waals surface area contributed by atoms with Crippen molar-refractivity contribution >= 4 is 33.7 Å². The molecule has 3 nitrogen and oxygen atoms in total. The first kappa shape index (κ1) is 15.3. The highest BCUT2D eigenvalue weighted by molar-refractivity contribution is 9.10. The monoisotopic (exact) mass is 344 g/mol. The van der Waals surface area contributed by atoms with E-state index in [1.54, 1.807) is 12.1 Å². The van der Waals surface area contributed by atoms with Crippen molar-refractivity contribution in [3.63, 3.8) is 0 Å². The maximum Gasteiger partial charge on any atom is 0.522 e. The van der Waals surface area contributed by atoms with Crippen molar-refractivity contribution in [1.82, 2.24) is 0 Å². The summed E-state index contributed by atoms with van der Waals surface area (Å²) in [4.78, 5) is 11.3. The molecule has 1 rings (SSSR count). The van der Waals surface area contributed by atoms with E-state index < -0.39 is 18.9 Å². The van der Waals surface area contributed by atoms with E-state index in [0.717, 1.165) is 11.8 Å². The largest absolute Gasteiger partial charge is 0.522 e. The molecule has 1 aromatic rings. The molecule has 0 aliphatic heterocycles. The number of carboxylic acid groups (broad SMARTS) is 1. The predicted octanol–water partition coefficient (Wildman–Crippen LogP) is 3.78. The quantitative estimate of drug-likeness (QED) is 0.652. The van der Waals surface area contributed by atoms with E-state index in [2.05, 4.69) is 20.7 Å². The van der Waals surface area contributed by atoms with Crippen LogP contribution in [0.4, 0.5) is 13.2 Å². The summed E-state index contributed by atoms with van der Waals surface area (Å²) in [7, 11) is 0. The summed E-state index contributed by atoms with van der Waals surface area (Å²) in [5.41, 5.74) is 0.0511. The van der Waals surface area contributed by atoms with Gasteiger partial charge in [0.05, 0.1) is 12.2 Å². The summed E-state index contributed by atoms with van der Waals surface area (Å²) < 4.78 is 39.4. The van der Waals surface area contributed by atoms with Crippen molar-refractivity contribution < 1.29 is 27.8 Å². The molecule has 0 saturated carbocycles. The fraction of sp³-hybridized carbons (Fsp3) is 0.300. The Kier molecular flexibility index (Phi) is 5.48. The SMILES string of the molecule is O=C(O)c1ccc(Br)cc1SCCOC(F)(F)F. The second kappa shape index (κ2) is 6.44. The van der Waals surface area contributed by atoms with Crippen molar-refractivity contribution in [2.75, 3.05) is 12.4 Å². The number of hydrogen-bond acceptors (Lipinski definition) is 3. The van der Waals surface area contributed by atoms with Crippen LogP contribution in [0.1, 0.15) is 10.4 Å². The number of halogens is 4. The standard InChI is InChI=1S/C10H8BrF3O3S/c11-6-1-2-7(9(15)16)8(5-6)18-4-3-17-10(12,13)14/h1-2,5H,3-4H2,(H,15,16). The fourth-order valence-electron chi connectivity index (χ4n) is 1.10. The molecule has 0 atom stereocenters. The molecule has 0 aliphatic carbocycles. The zero-order valence-electron chi connectivity index (χ0n) is 8.83. The average Bonchev–Trinajstić information content (AvgIpc) is 2.22. The van der Waals surface area contributed by atoms with Crippen LogP contribution in [0, 0.1) is 0 Å². The van der Waals surface area contributed by atoms with Gasteiger partial charge in [-0.25, -0.2) is 4.79 Å². The number of thioether (sulfide) groups is 1. The number of hydrogen-bond donors (Lipinski definition) is 1. The van der Waals surface area contributed by atoms with Crippen molar-refractivity contribution in [2.45, 2.75) is 11.3 Å². The highest BCUT2D eigenvalue weighted by Gasteiger charge is 2.28. The van der Waals surface area contributed by atoms with Crippen molar-refractivity contribution in [1.29, 1.82) is 0 Å². The number of rotatable bonds is 5. The first-order valence-corrected chi connectivity index (χ1v) is 6.44. The predicted molar refractivity (Wildman–Crippen MR) is 63.8 cm³/mol. The Morgan fingerprint density at radius 3 is 2.67 bits per heavy atom. The summed E-state index contributed by atoms with van der Waals surface area (Å²) in [5.74, 6) is -1.11. The zero-order valence-corrected chi connectivity index (χ0v) is 11.2. The Bertz CT molecular complexity index is 437. The van der Waals surface area contributed by atoms with Gasteiger partial charge in [0, 0.05) is 15.1 Å². The van der Waals surface area contributed by atoms with Gasteiger partial charge in [0.1, 0.15) is 0 Å². The minimum atomic E-state index is -4.66. The smallest absolute Gasteiger partial charge is 0.478 e. The van der Waals surface area contributed by atoms with Crippen molar-refractivity contribution in [3.05, 3.63) is 28.2 Å². The molecule has 0 saturated heterocycles. The molecular formula is C10H8BrF3O3S. The molecule has 18 heavy (non-hydrogen) atoms. The molecule has 0 amide bonds. The molecule has 0 aliphatic rings. The molecule has 100 valence electrons. The third-order valence-corrected chi connectivity index (χ3v) is 3.29. The molecule has 0 unspecified atom stereocenters. The molecule has 1 N–H and O–H groups in total. The molecule has 0 heterocycles. The highest BCUT2D eigenvalue weighted by atomic mass is 79.9. The van der Waals surface area contributed by atoms with Crippen molar-refractivity contribution in [2.24, 2.45) is 0 Å².